The Morgan fingerprint density at radius 3 is 3.00 bits per heavy atom. The quantitative estimate of drug-likeness (QED) is 0.441. The normalized spacial score (nSPS) is 10.4. The fourth-order valence-electron chi connectivity index (χ4n) is 0.982. The Morgan fingerprint density at radius 1 is 1.42 bits per heavy atom. The summed E-state index contributed by atoms with van der Waals surface area (Å²) in [5.74, 6) is 5.75. The average molecular weight is 181 g/mol. The molecule has 2 heterocycles. The van der Waals surface area contributed by atoms with E-state index in [-0.39, 0.29) is 0 Å². The van der Waals surface area contributed by atoms with E-state index in [2.05, 4.69) is 15.4 Å². The number of fused-ring (bicyclic) bond motifs is 1. The van der Waals surface area contributed by atoms with Gasteiger partial charge in [-0.3, -0.25) is 0 Å². The molecule has 62 valence electrons. The van der Waals surface area contributed by atoms with Gasteiger partial charge < -0.3 is 11.2 Å². The molecule has 0 saturated heterocycles. The Hall–Kier alpha value is -1.40. The second-order valence-corrected chi connectivity index (χ2v) is 3.11. The van der Waals surface area contributed by atoms with Gasteiger partial charge in [-0.25, -0.2) is 15.8 Å². The summed E-state index contributed by atoms with van der Waals surface area (Å²) in [4.78, 5) is 7.91. The summed E-state index contributed by atoms with van der Waals surface area (Å²) in [7, 11) is 0. The second kappa shape index (κ2) is 2.58. The molecule has 2 rings (SSSR count). The summed E-state index contributed by atoms with van der Waals surface area (Å²) in [5, 5.41) is 3.52. The average Bonchev–Trinajstić information content (AvgIpc) is 2.49. The van der Waals surface area contributed by atoms with Crippen LogP contribution in [0.3, 0.4) is 0 Å². The molecule has 5 nitrogen and oxygen atoms in total. The number of nitrogens with two attached hydrogens (primary N) is 2. The van der Waals surface area contributed by atoms with Crippen LogP contribution < -0.4 is 17.0 Å². The third kappa shape index (κ3) is 0.892. The highest BCUT2D eigenvalue weighted by atomic mass is 32.1. The summed E-state index contributed by atoms with van der Waals surface area (Å²) < 4.78 is 0. The first-order valence-electron chi connectivity index (χ1n) is 3.27. The van der Waals surface area contributed by atoms with Crippen LogP contribution in [0.1, 0.15) is 0 Å². The van der Waals surface area contributed by atoms with Gasteiger partial charge in [0.2, 0.25) is 0 Å². The predicted molar refractivity (Wildman–Crippen MR) is 49.6 cm³/mol. The standard InChI is InChI=1S/C6H7N5S/c7-5-3-1-12-6(11-8)4(3)9-2-10-5/h1-2,11H,8H2,(H2,7,9,10). The SMILES string of the molecule is NNc1scc2c(N)ncnc12. The van der Waals surface area contributed by atoms with Crippen molar-refractivity contribution in [3.63, 3.8) is 0 Å². The molecular formula is C6H7N5S. The number of anilines is 2. The van der Waals surface area contributed by atoms with E-state index in [1.54, 1.807) is 0 Å². The summed E-state index contributed by atoms with van der Waals surface area (Å²) in [6.45, 7) is 0. The van der Waals surface area contributed by atoms with E-state index in [0.717, 1.165) is 15.9 Å². The number of nitrogen functional groups attached to an aromatic ring is 2. The van der Waals surface area contributed by atoms with E-state index >= 15 is 0 Å². The molecule has 0 bridgehead atoms. The van der Waals surface area contributed by atoms with Crippen molar-refractivity contribution in [2.45, 2.75) is 0 Å². The first-order valence-corrected chi connectivity index (χ1v) is 4.15. The minimum absolute atomic E-state index is 0.484. The van der Waals surface area contributed by atoms with Gasteiger partial charge in [0.05, 0.1) is 5.39 Å². The van der Waals surface area contributed by atoms with Crippen molar-refractivity contribution in [2.24, 2.45) is 5.84 Å². The number of nitrogens with one attached hydrogen (secondary N) is 1. The van der Waals surface area contributed by atoms with Crippen LogP contribution in [0.15, 0.2) is 11.7 Å². The first-order chi connectivity index (χ1) is 5.83. The van der Waals surface area contributed by atoms with E-state index in [9.17, 15) is 0 Å². The van der Waals surface area contributed by atoms with Gasteiger partial charge in [-0.05, 0) is 0 Å². The number of hydrogen-bond donors (Lipinski definition) is 3. The third-order valence-corrected chi connectivity index (χ3v) is 2.46. The highest BCUT2D eigenvalue weighted by Gasteiger charge is 2.06. The van der Waals surface area contributed by atoms with Crippen LogP contribution in [0.4, 0.5) is 10.8 Å². The van der Waals surface area contributed by atoms with Crippen LogP contribution in [-0.2, 0) is 0 Å². The van der Waals surface area contributed by atoms with Crippen molar-refractivity contribution in [1.29, 1.82) is 0 Å². The van der Waals surface area contributed by atoms with Gasteiger partial charge >= 0.3 is 0 Å². The molecule has 12 heavy (non-hydrogen) atoms. The molecule has 0 radical (unpaired) electrons. The lowest BCUT2D eigenvalue weighted by Gasteiger charge is -1.95. The lowest BCUT2D eigenvalue weighted by atomic mass is 10.3. The van der Waals surface area contributed by atoms with E-state index in [0.29, 0.717) is 5.82 Å². The van der Waals surface area contributed by atoms with Gasteiger partial charge in [0.1, 0.15) is 22.7 Å². The molecule has 0 aliphatic rings. The number of nitrogens with zero attached hydrogens (tertiary/aromatic N) is 2. The van der Waals surface area contributed by atoms with Crippen LogP contribution in [0.5, 0.6) is 0 Å². The van der Waals surface area contributed by atoms with E-state index in [1.165, 1.54) is 17.7 Å². The molecule has 0 saturated carbocycles. The zero-order valence-corrected chi connectivity index (χ0v) is 6.93. The van der Waals surface area contributed by atoms with Crippen molar-refractivity contribution >= 4 is 33.1 Å². The largest absolute Gasteiger partial charge is 0.383 e. The summed E-state index contributed by atoms with van der Waals surface area (Å²) in [6.07, 6.45) is 1.42. The van der Waals surface area contributed by atoms with Gasteiger partial charge in [-0.15, -0.1) is 11.3 Å². The Kier molecular flexibility index (Phi) is 1.56. The van der Waals surface area contributed by atoms with Crippen molar-refractivity contribution in [3.05, 3.63) is 11.7 Å². The molecule has 0 amide bonds. The Balaban J connectivity index is 2.80. The molecule has 0 spiro atoms. The van der Waals surface area contributed by atoms with Crippen molar-refractivity contribution < 1.29 is 0 Å². The van der Waals surface area contributed by atoms with Crippen LogP contribution in [0, 0.1) is 0 Å². The second-order valence-electron chi connectivity index (χ2n) is 2.23. The minimum Gasteiger partial charge on any atom is -0.383 e. The number of hydrogen-bond acceptors (Lipinski definition) is 6. The molecule has 2 aromatic heterocycles. The van der Waals surface area contributed by atoms with Gasteiger partial charge in [0.25, 0.3) is 0 Å². The third-order valence-electron chi connectivity index (χ3n) is 1.56. The van der Waals surface area contributed by atoms with Gasteiger partial charge in [-0.1, -0.05) is 0 Å². The number of aromatic nitrogens is 2. The fourth-order valence-corrected chi connectivity index (χ4v) is 1.79. The van der Waals surface area contributed by atoms with Crippen LogP contribution >= 0.6 is 11.3 Å². The minimum atomic E-state index is 0.484. The number of rotatable bonds is 1. The molecule has 0 unspecified atom stereocenters. The van der Waals surface area contributed by atoms with Crippen molar-refractivity contribution in [3.8, 4) is 0 Å². The lowest BCUT2D eigenvalue weighted by molar-refractivity contribution is 1.23. The number of hydrazine groups is 1. The monoisotopic (exact) mass is 181 g/mol. The predicted octanol–water partition coefficient (Wildman–Crippen LogP) is 0.559. The summed E-state index contributed by atoms with van der Waals surface area (Å²) in [5.41, 5.74) is 8.93. The van der Waals surface area contributed by atoms with E-state index in [1.807, 2.05) is 5.38 Å². The Bertz CT molecular complexity index is 409. The van der Waals surface area contributed by atoms with Gasteiger partial charge in [0, 0.05) is 5.38 Å². The van der Waals surface area contributed by atoms with Crippen LogP contribution in [0.2, 0.25) is 0 Å². The number of thiophene rings is 1. The maximum absolute atomic E-state index is 5.61. The smallest absolute Gasteiger partial charge is 0.135 e. The molecule has 5 N–H and O–H groups in total. The zero-order valence-electron chi connectivity index (χ0n) is 6.11. The Morgan fingerprint density at radius 2 is 2.25 bits per heavy atom. The molecule has 0 aliphatic heterocycles. The molecule has 0 aromatic carbocycles. The first kappa shape index (κ1) is 7.26. The zero-order chi connectivity index (χ0) is 8.55. The topological polar surface area (TPSA) is 89.8 Å². The highest BCUT2D eigenvalue weighted by molar-refractivity contribution is 7.16. The maximum Gasteiger partial charge on any atom is 0.135 e. The Labute approximate surface area is 72.4 Å². The van der Waals surface area contributed by atoms with Crippen molar-refractivity contribution in [2.75, 3.05) is 11.2 Å². The fraction of sp³-hybridized carbons (Fsp3) is 0. The molecular weight excluding hydrogens is 174 g/mol. The van der Waals surface area contributed by atoms with Crippen molar-refractivity contribution in [1.82, 2.24) is 9.97 Å². The molecule has 6 heteroatoms. The molecule has 0 atom stereocenters. The maximum atomic E-state index is 5.61. The molecule has 0 fully saturated rings. The lowest BCUT2D eigenvalue weighted by Crippen LogP contribution is -2.05. The van der Waals surface area contributed by atoms with E-state index < -0.39 is 0 Å². The van der Waals surface area contributed by atoms with Crippen LogP contribution in [-0.4, -0.2) is 9.97 Å². The molecule has 2 aromatic rings. The van der Waals surface area contributed by atoms with Crippen LogP contribution in [0.25, 0.3) is 10.9 Å². The summed E-state index contributed by atoms with van der Waals surface area (Å²) >= 11 is 1.46. The molecule has 0 aliphatic carbocycles. The summed E-state index contributed by atoms with van der Waals surface area (Å²) in [6, 6.07) is 0. The van der Waals surface area contributed by atoms with E-state index in [4.69, 9.17) is 11.6 Å². The highest BCUT2D eigenvalue weighted by Crippen LogP contribution is 2.30. The van der Waals surface area contributed by atoms with Gasteiger partial charge in [-0.2, -0.15) is 0 Å². The van der Waals surface area contributed by atoms with Gasteiger partial charge in [0.15, 0.2) is 0 Å².